The Morgan fingerprint density at radius 3 is 2.43 bits per heavy atom. The molecule has 0 bridgehead atoms. The Bertz CT molecular complexity index is 873. The van der Waals surface area contributed by atoms with E-state index < -0.39 is 0 Å². The van der Waals surface area contributed by atoms with Crippen molar-refractivity contribution in [3.8, 4) is 11.6 Å². The molecule has 1 aliphatic rings. The Balaban J connectivity index is 1.42. The summed E-state index contributed by atoms with van der Waals surface area (Å²) >= 11 is 0. The summed E-state index contributed by atoms with van der Waals surface area (Å²) in [7, 11) is 1.78. The van der Waals surface area contributed by atoms with Crippen LogP contribution < -0.4 is 10.1 Å². The number of benzene rings is 2. The molecule has 0 saturated heterocycles. The van der Waals surface area contributed by atoms with Gasteiger partial charge < -0.3 is 14.8 Å². The van der Waals surface area contributed by atoms with E-state index in [1.807, 2.05) is 30.3 Å². The fraction of sp³-hybridized carbons (Fsp3) is 0.304. The first-order valence-electron chi connectivity index (χ1n) is 9.72. The Morgan fingerprint density at radius 1 is 0.929 bits per heavy atom. The Hall–Kier alpha value is -2.92. The van der Waals surface area contributed by atoms with Crippen LogP contribution in [0.15, 0.2) is 72.9 Å². The maximum Gasteiger partial charge on any atom is 0.226 e. The maximum atomic E-state index is 5.81. The molecule has 0 spiro atoms. The third kappa shape index (κ3) is 4.49. The Labute approximate surface area is 165 Å². The van der Waals surface area contributed by atoms with E-state index in [1.54, 1.807) is 19.4 Å². The van der Waals surface area contributed by atoms with Crippen LogP contribution >= 0.6 is 0 Å². The first-order chi connectivity index (χ1) is 13.8. The summed E-state index contributed by atoms with van der Waals surface area (Å²) in [5, 5.41) is 3.45. The summed E-state index contributed by atoms with van der Waals surface area (Å²) in [5.41, 5.74) is 1.39. The van der Waals surface area contributed by atoms with Crippen LogP contribution in [0.4, 0.5) is 5.95 Å². The summed E-state index contributed by atoms with van der Waals surface area (Å²) < 4.78 is 11.6. The standard InChI is InChI=1S/C23H25N3O2/c1-27-21-16-18(17-8-4-2-5-9-17)12-13-20(21)25-23-24-15-14-22(26-23)28-19-10-6-3-7-11-19/h2-11,14-15,18,20-21H,12-13,16H2,1H3,(H,24,25,26). The molecular formula is C23H25N3O2. The van der Waals surface area contributed by atoms with E-state index in [0.29, 0.717) is 17.7 Å². The molecule has 0 radical (unpaired) electrons. The summed E-state index contributed by atoms with van der Waals surface area (Å²) in [5.74, 6) is 2.37. The summed E-state index contributed by atoms with van der Waals surface area (Å²) in [6, 6.07) is 22.3. The van der Waals surface area contributed by atoms with E-state index in [2.05, 4.69) is 45.6 Å². The average Bonchev–Trinajstić information content (AvgIpc) is 2.76. The largest absolute Gasteiger partial charge is 0.439 e. The second-order valence-corrected chi connectivity index (χ2v) is 7.08. The molecule has 3 atom stereocenters. The van der Waals surface area contributed by atoms with Crippen molar-refractivity contribution < 1.29 is 9.47 Å². The lowest BCUT2D eigenvalue weighted by Crippen LogP contribution is -2.40. The number of nitrogens with one attached hydrogen (secondary N) is 1. The van der Waals surface area contributed by atoms with Gasteiger partial charge in [-0.2, -0.15) is 4.98 Å². The molecule has 4 rings (SSSR count). The minimum atomic E-state index is 0.112. The SMILES string of the molecule is COC1CC(c2ccccc2)CCC1Nc1nccc(Oc2ccccc2)n1. The van der Waals surface area contributed by atoms with Crippen molar-refractivity contribution in [2.75, 3.05) is 12.4 Å². The zero-order valence-electron chi connectivity index (χ0n) is 16.0. The topological polar surface area (TPSA) is 56.3 Å². The molecule has 144 valence electrons. The average molecular weight is 375 g/mol. The van der Waals surface area contributed by atoms with E-state index >= 15 is 0 Å². The molecule has 1 N–H and O–H groups in total. The molecule has 5 nitrogen and oxygen atoms in total. The molecule has 3 unspecified atom stereocenters. The van der Waals surface area contributed by atoms with Gasteiger partial charge in [0, 0.05) is 19.4 Å². The molecule has 28 heavy (non-hydrogen) atoms. The van der Waals surface area contributed by atoms with Crippen LogP contribution in [0.2, 0.25) is 0 Å². The molecule has 1 saturated carbocycles. The molecule has 0 aliphatic heterocycles. The van der Waals surface area contributed by atoms with Gasteiger partial charge in [0.05, 0.1) is 12.1 Å². The van der Waals surface area contributed by atoms with Crippen molar-refractivity contribution in [1.29, 1.82) is 0 Å². The van der Waals surface area contributed by atoms with Crippen LogP contribution in [0, 0.1) is 0 Å². The Kier molecular flexibility index (Phi) is 5.83. The highest BCUT2D eigenvalue weighted by atomic mass is 16.5. The minimum absolute atomic E-state index is 0.112. The molecule has 1 aliphatic carbocycles. The number of ether oxygens (including phenoxy) is 2. The normalized spacial score (nSPS) is 21.8. The summed E-state index contributed by atoms with van der Waals surface area (Å²) in [4.78, 5) is 8.87. The van der Waals surface area contributed by atoms with E-state index in [9.17, 15) is 0 Å². The highest BCUT2D eigenvalue weighted by Gasteiger charge is 2.31. The summed E-state index contributed by atoms with van der Waals surface area (Å²) in [6.45, 7) is 0. The molecule has 0 amide bonds. The predicted octanol–water partition coefficient (Wildman–Crippen LogP) is 5.03. The minimum Gasteiger partial charge on any atom is -0.439 e. The maximum absolute atomic E-state index is 5.81. The van der Waals surface area contributed by atoms with Crippen molar-refractivity contribution in [1.82, 2.24) is 9.97 Å². The van der Waals surface area contributed by atoms with Gasteiger partial charge in [0.15, 0.2) is 0 Å². The number of nitrogens with zero attached hydrogens (tertiary/aromatic N) is 2. The number of hydrogen-bond donors (Lipinski definition) is 1. The lowest BCUT2D eigenvalue weighted by Gasteiger charge is -2.36. The van der Waals surface area contributed by atoms with E-state index in [-0.39, 0.29) is 12.1 Å². The fourth-order valence-electron chi connectivity index (χ4n) is 3.83. The number of para-hydroxylation sites is 1. The zero-order chi connectivity index (χ0) is 19.2. The third-order valence-corrected chi connectivity index (χ3v) is 5.28. The molecule has 5 heteroatoms. The molecular weight excluding hydrogens is 350 g/mol. The second-order valence-electron chi connectivity index (χ2n) is 7.08. The predicted molar refractivity (Wildman–Crippen MR) is 110 cm³/mol. The van der Waals surface area contributed by atoms with E-state index in [0.717, 1.165) is 25.0 Å². The number of aromatic nitrogens is 2. The van der Waals surface area contributed by atoms with Gasteiger partial charge >= 0.3 is 0 Å². The van der Waals surface area contributed by atoms with Crippen LogP contribution in [0.1, 0.15) is 30.7 Å². The van der Waals surface area contributed by atoms with Crippen molar-refractivity contribution in [3.05, 3.63) is 78.5 Å². The monoisotopic (exact) mass is 375 g/mol. The quantitative estimate of drug-likeness (QED) is 0.655. The van der Waals surface area contributed by atoms with Crippen LogP contribution in [0.25, 0.3) is 0 Å². The second kappa shape index (κ2) is 8.85. The van der Waals surface area contributed by atoms with Crippen molar-refractivity contribution >= 4 is 5.95 Å². The smallest absolute Gasteiger partial charge is 0.226 e. The van der Waals surface area contributed by atoms with Gasteiger partial charge in [-0.3, -0.25) is 0 Å². The van der Waals surface area contributed by atoms with Gasteiger partial charge in [-0.05, 0) is 42.9 Å². The van der Waals surface area contributed by atoms with Crippen molar-refractivity contribution in [2.24, 2.45) is 0 Å². The zero-order valence-corrected chi connectivity index (χ0v) is 16.0. The number of methoxy groups -OCH3 is 1. The lowest BCUT2D eigenvalue weighted by atomic mass is 9.80. The van der Waals surface area contributed by atoms with Crippen LogP contribution in [0.3, 0.4) is 0 Å². The summed E-state index contributed by atoms with van der Waals surface area (Å²) in [6.07, 6.45) is 4.93. The number of anilines is 1. The van der Waals surface area contributed by atoms with E-state index in [1.165, 1.54) is 5.56 Å². The fourth-order valence-corrected chi connectivity index (χ4v) is 3.83. The van der Waals surface area contributed by atoms with Gasteiger partial charge in [-0.15, -0.1) is 0 Å². The highest BCUT2D eigenvalue weighted by Crippen LogP contribution is 2.35. The van der Waals surface area contributed by atoms with Crippen LogP contribution in [0.5, 0.6) is 11.6 Å². The van der Waals surface area contributed by atoms with Crippen molar-refractivity contribution in [3.63, 3.8) is 0 Å². The van der Waals surface area contributed by atoms with Crippen LogP contribution in [-0.4, -0.2) is 29.2 Å². The molecule has 1 fully saturated rings. The first-order valence-corrected chi connectivity index (χ1v) is 9.72. The van der Waals surface area contributed by atoms with E-state index in [4.69, 9.17) is 9.47 Å². The van der Waals surface area contributed by atoms with Gasteiger partial charge in [0.25, 0.3) is 0 Å². The van der Waals surface area contributed by atoms with Gasteiger partial charge in [-0.1, -0.05) is 48.5 Å². The molecule has 1 aromatic heterocycles. The van der Waals surface area contributed by atoms with Crippen molar-refractivity contribution in [2.45, 2.75) is 37.3 Å². The Morgan fingerprint density at radius 2 is 1.68 bits per heavy atom. The first kappa shape index (κ1) is 18.4. The number of hydrogen-bond acceptors (Lipinski definition) is 5. The van der Waals surface area contributed by atoms with Gasteiger partial charge in [0.2, 0.25) is 11.8 Å². The van der Waals surface area contributed by atoms with Gasteiger partial charge in [-0.25, -0.2) is 4.98 Å². The highest BCUT2D eigenvalue weighted by molar-refractivity contribution is 5.33. The lowest BCUT2D eigenvalue weighted by molar-refractivity contribution is 0.0530. The van der Waals surface area contributed by atoms with Crippen LogP contribution in [-0.2, 0) is 4.74 Å². The molecule has 1 heterocycles. The number of rotatable bonds is 6. The molecule has 2 aromatic carbocycles. The third-order valence-electron chi connectivity index (χ3n) is 5.28. The molecule has 3 aromatic rings. The van der Waals surface area contributed by atoms with Gasteiger partial charge in [0.1, 0.15) is 5.75 Å².